The van der Waals surface area contributed by atoms with Crippen LogP contribution in [-0.4, -0.2) is 44.2 Å². The van der Waals surface area contributed by atoms with Gasteiger partial charge in [-0.05, 0) is 42.0 Å². The summed E-state index contributed by atoms with van der Waals surface area (Å²) < 4.78 is 31.5. The van der Waals surface area contributed by atoms with Gasteiger partial charge in [0.25, 0.3) is 10.0 Å². The fraction of sp³-hybridized carbons (Fsp3) is 0.174. The van der Waals surface area contributed by atoms with Crippen molar-refractivity contribution in [2.24, 2.45) is 11.4 Å². The summed E-state index contributed by atoms with van der Waals surface area (Å²) in [5, 5.41) is 12.5. The number of rotatable bonds is 7. The van der Waals surface area contributed by atoms with Crippen LogP contribution in [0, 0.1) is 11.3 Å². The van der Waals surface area contributed by atoms with Crippen molar-refractivity contribution < 1.29 is 13.2 Å². The van der Waals surface area contributed by atoms with Crippen molar-refractivity contribution in [3.63, 3.8) is 0 Å². The van der Waals surface area contributed by atoms with Crippen LogP contribution in [0.25, 0.3) is 11.3 Å². The number of hydrogen-bond donors (Lipinski definition) is 1. The number of amides is 1. The van der Waals surface area contributed by atoms with Gasteiger partial charge in [0.2, 0.25) is 5.91 Å². The minimum Gasteiger partial charge on any atom is -0.368 e. The molecule has 0 radical (unpaired) electrons. The molecule has 0 atom stereocenters. The van der Waals surface area contributed by atoms with Crippen LogP contribution in [0.5, 0.6) is 0 Å². The molecule has 0 saturated carbocycles. The normalized spacial score (nSPS) is 11.4. The summed E-state index contributed by atoms with van der Waals surface area (Å²) >= 11 is 6.13. The average Bonchev–Trinajstić information content (AvgIpc) is 3.14. The average molecular weight is 484 g/mol. The van der Waals surface area contributed by atoms with Crippen molar-refractivity contribution in [1.82, 2.24) is 9.47 Å². The lowest BCUT2D eigenvalue weighted by Crippen LogP contribution is -2.15. The Morgan fingerprint density at radius 3 is 2.58 bits per heavy atom. The lowest BCUT2D eigenvalue weighted by Gasteiger charge is -2.13. The van der Waals surface area contributed by atoms with E-state index < -0.39 is 10.0 Å². The van der Waals surface area contributed by atoms with Gasteiger partial charge in [-0.3, -0.25) is 4.79 Å². The number of anilines is 1. The number of benzene rings is 2. The fourth-order valence-corrected chi connectivity index (χ4v) is 4.51. The molecule has 0 aliphatic heterocycles. The number of carbonyl (C=O) groups is 1. The van der Waals surface area contributed by atoms with Crippen molar-refractivity contribution in [3.8, 4) is 17.3 Å². The summed E-state index contributed by atoms with van der Waals surface area (Å²) in [4.78, 5) is 14.0. The van der Waals surface area contributed by atoms with Gasteiger partial charge in [-0.2, -0.15) is 13.7 Å². The molecule has 33 heavy (non-hydrogen) atoms. The van der Waals surface area contributed by atoms with Crippen molar-refractivity contribution in [2.45, 2.75) is 11.3 Å². The SMILES string of the molecule is CN(C)C=NS(=O)(=O)c1cc(NC(=O)Cc2ccccc2Cl)ccc1-c1ccc(C#N)n1C. The van der Waals surface area contributed by atoms with Gasteiger partial charge in [-0.15, -0.1) is 4.40 Å². The molecular weight excluding hydrogens is 462 g/mol. The molecule has 1 heterocycles. The fourth-order valence-electron chi connectivity index (χ4n) is 3.15. The Bertz CT molecular complexity index is 1370. The van der Waals surface area contributed by atoms with Gasteiger partial charge in [0, 0.05) is 37.4 Å². The molecule has 0 fully saturated rings. The first kappa shape index (κ1) is 24.0. The highest BCUT2D eigenvalue weighted by atomic mass is 35.5. The molecule has 1 aromatic heterocycles. The first-order valence-electron chi connectivity index (χ1n) is 9.83. The summed E-state index contributed by atoms with van der Waals surface area (Å²) in [5.41, 5.74) is 2.22. The number of nitrogens with one attached hydrogen (secondary N) is 1. The number of nitriles is 1. The van der Waals surface area contributed by atoms with Crippen LogP contribution in [0.1, 0.15) is 11.3 Å². The van der Waals surface area contributed by atoms with Crippen LogP contribution in [0.3, 0.4) is 0 Å². The molecule has 10 heteroatoms. The minimum atomic E-state index is -4.11. The van der Waals surface area contributed by atoms with E-state index in [1.54, 1.807) is 74.2 Å². The van der Waals surface area contributed by atoms with Gasteiger partial charge in [0.1, 0.15) is 23.0 Å². The summed E-state index contributed by atoms with van der Waals surface area (Å²) in [6.07, 6.45) is 1.22. The van der Waals surface area contributed by atoms with E-state index in [1.165, 1.54) is 17.3 Å². The molecule has 3 aromatic rings. The van der Waals surface area contributed by atoms with Gasteiger partial charge in [0.05, 0.1) is 12.1 Å². The number of hydrogen-bond acceptors (Lipinski definition) is 4. The van der Waals surface area contributed by atoms with Crippen LogP contribution in [-0.2, 0) is 28.3 Å². The molecule has 0 spiro atoms. The van der Waals surface area contributed by atoms with Crippen LogP contribution in [0.2, 0.25) is 5.02 Å². The quantitative estimate of drug-likeness (QED) is 0.407. The Kier molecular flexibility index (Phi) is 7.21. The molecule has 1 amide bonds. The lowest BCUT2D eigenvalue weighted by molar-refractivity contribution is -0.115. The van der Waals surface area contributed by atoms with Crippen LogP contribution < -0.4 is 5.32 Å². The number of sulfonamides is 1. The van der Waals surface area contributed by atoms with E-state index in [2.05, 4.69) is 15.8 Å². The van der Waals surface area contributed by atoms with E-state index in [0.717, 1.165) is 0 Å². The molecular formula is C23H22ClN5O3S. The van der Waals surface area contributed by atoms with Gasteiger partial charge < -0.3 is 14.8 Å². The molecule has 0 aliphatic carbocycles. The maximum atomic E-state index is 13.1. The Balaban J connectivity index is 2.02. The lowest BCUT2D eigenvalue weighted by atomic mass is 10.1. The van der Waals surface area contributed by atoms with Gasteiger partial charge in [0.15, 0.2) is 0 Å². The van der Waals surface area contributed by atoms with Crippen LogP contribution in [0.15, 0.2) is 63.9 Å². The summed E-state index contributed by atoms with van der Waals surface area (Å²) in [6.45, 7) is 0. The minimum absolute atomic E-state index is 0.0334. The maximum absolute atomic E-state index is 13.1. The van der Waals surface area contributed by atoms with Crippen molar-refractivity contribution in [3.05, 3.63) is 70.9 Å². The molecule has 0 unspecified atom stereocenters. The Hall–Kier alpha value is -3.61. The zero-order valence-electron chi connectivity index (χ0n) is 18.3. The zero-order chi connectivity index (χ0) is 24.2. The smallest absolute Gasteiger partial charge is 0.284 e. The van der Waals surface area contributed by atoms with Crippen molar-refractivity contribution in [1.29, 1.82) is 5.26 Å². The summed E-state index contributed by atoms with van der Waals surface area (Å²) in [7, 11) is 0.869. The maximum Gasteiger partial charge on any atom is 0.284 e. The third-order valence-corrected chi connectivity index (χ3v) is 6.42. The molecule has 0 saturated heterocycles. The van der Waals surface area contributed by atoms with Gasteiger partial charge in [-0.25, -0.2) is 0 Å². The first-order valence-corrected chi connectivity index (χ1v) is 11.6. The number of nitrogens with zero attached hydrogens (tertiary/aromatic N) is 4. The largest absolute Gasteiger partial charge is 0.368 e. The zero-order valence-corrected chi connectivity index (χ0v) is 19.9. The molecule has 0 bridgehead atoms. The van der Waals surface area contributed by atoms with Crippen molar-refractivity contribution >= 4 is 39.6 Å². The van der Waals surface area contributed by atoms with E-state index in [-0.39, 0.29) is 17.2 Å². The van der Waals surface area contributed by atoms with Crippen LogP contribution >= 0.6 is 11.6 Å². The molecule has 3 rings (SSSR count). The highest BCUT2D eigenvalue weighted by Gasteiger charge is 2.22. The van der Waals surface area contributed by atoms with E-state index in [0.29, 0.717) is 33.2 Å². The molecule has 1 N–H and O–H groups in total. The van der Waals surface area contributed by atoms with Crippen LogP contribution in [0.4, 0.5) is 5.69 Å². The summed E-state index contributed by atoms with van der Waals surface area (Å²) in [5.74, 6) is -0.346. The third kappa shape index (κ3) is 5.61. The topological polar surface area (TPSA) is 108 Å². The molecule has 170 valence electrons. The van der Waals surface area contributed by atoms with E-state index >= 15 is 0 Å². The highest BCUT2D eigenvalue weighted by molar-refractivity contribution is 7.90. The van der Waals surface area contributed by atoms with E-state index in [1.807, 2.05) is 0 Å². The predicted molar refractivity (Wildman–Crippen MR) is 129 cm³/mol. The highest BCUT2D eigenvalue weighted by Crippen LogP contribution is 2.32. The second kappa shape index (κ2) is 9.90. The summed E-state index contributed by atoms with van der Waals surface area (Å²) in [6, 6.07) is 16.9. The Labute approximate surface area is 197 Å². The van der Waals surface area contributed by atoms with Crippen molar-refractivity contribution in [2.75, 3.05) is 19.4 Å². The standard InChI is InChI=1S/C23H22ClN5O3S/c1-28(2)15-26-33(31,32)22-13-17(27-23(30)12-16-6-4-5-7-20(16)24)8-10-19(22)21-11-9-18(14-25)29(21)3/h4-11,13,15H,12H2,1-3H3,(H,27,30). The van der Waals surface area contributed by atoms with E-state index in [4.69, 9.17) is 11.6 Å². The third-order valence-electron chi connectivity index (χ3n) is 4.78. The van der Waals surface area contributed by atoms with Gasteiger partial charge >= 0.3 is 0 Å². The molecule has 0 aliphatic rings. The van der Waals surface area contributed by atoms with Gasteiger partial charge in [-0.1, -0.05) is 29.8 Å². The van der Waals surface area contributed by atoms with E-state index in [9.17, 15) is 18.5 Å². The molecule has 8 nitrogen and oxygen atoms in total. The number of halogens is 1. The number of aromatic nitrogens is 1. The predicted octanol–water partition coefficient (Wildman–Crippen LogP) is 3.68. The Morgan fingerprint density at radius 2 is 1.94 bits per heavy atom. The first-order chi connectivity index (χ1) is 15.6. The second-order valence-electron chi connectivity index (χ2n) is 7.46. The number of carbonyl (C=O) groups excluding carboxylic acids is 1. The Morgan fingerprint density at radius 1 is 1.21 bits per heavy atom. The second-order valence-corrected chi connectivity index (χ2v) is 9.47. The molecule has 2 aromatic carbocycles. The monoisotopic (exact) mass is 483 g/mol.